The fraction of sp³-hybridized carbons (Fsp3) is 0.278. The second-order valence-corrected chi connectivity index (χ2v) is 7.29. The molecule has 0 amide bonds. The van der Waals surface area contributed by atoms with E-state index < -0.39 is 22.0 Å². The highest BCUT2D eigenvalue weighted by molar-refractivity contribution is 7.92. The summed E-state index contributed by atoms with van der Waals surface area (Å²) in [6, 6.07) is 12.9. The number of carboxylic acids is 1. The molecule has 0 aromatic heterocycles. The number of hydrogen-bond acceptors (Lipinski definition) is 4. The van der Waals surface area contributed by atoms with Gasteiger partial charge in [0.05, 0.1) is 17.2 Å². The summed E-state index contributed by atoms with van der Waals surface area (Å²) in [5.74, 6) is -0.628. The molecule has 0 spiro atoms. The van der Waals surface area contributed by atoms with Gasteiger partial charge in [0.25, 0.3) is 10.0 Å². The van der Waals surface area contributed by atoms with Gasteiger partial charge in [0.1, 0.15) is 11.8 Å². The van der Waals surface area contributed by atoms with Crippen LogP contribution in [-0.4, -0.2) is 32.1 Å². The minimum absolute atomic E-state index is 0.0365. The van der Waals surface area contributed by atoms with Crippen molar-refractivity contribution in [2.45, 2.75) is 31.2 Å². The quantitative estimate of drug-likeness (QED) is 0.779. The van der Waals surface area contributed by atoms with Gasteiger partial charge in [-0.15, -0.1) is 0 Å². The lowest BCUT2D eigenvalue weighted by atomic mass is 10.2. The lowest BCUT2D eigenvalue weighted by Crippen LogP contribution is -2.43. The molecule has 2 aromatic carbocycles. The van der Waals surface area contributed by atoms with Crippen LogP contribution in [0.5, 0.6) is 5.75 Å². The fourth-order valence-corrected chi connectivity index (χ4v) is 3.92. The van der Waals surface area contributed by atoms with Crippen LogP contribution in [0.15, 0.2) is 59.5 Å². The Morgan fingerprint density at radius 3 is 2.24 bits per heavy atom. The molecule has 134 valence electrons. The number of sulfonamides is 1. The van der Waals surface area contributed by atoms with E-state index in [2.05, 4.69) is 0 Å². The first-order valence-electron chi connectivity index (χ1n) is 7.93. The van der Waals surface area contributed by atoms with Crippen LogP contribution in [0.25, 0.3) is 0 Å². The molecule has 2 aromatic rings. The van der Waals surface area contributed by atoms with Crippen LogP contribution in [0.2, 0.25) is 0 Å². The van der Waals surface area contributed by atoms with Gasteiger partial charge in [-0.3, -0.25) is 4.31 Å². The predicted molar refractivity (Wildman–Crippen MR) is 95.4 cm³/mol. The molecule has 0 radical (unpaired) electrons. The Labute approximate surface area is 147 Å². The van der Waals surface area contributed by atoms with Crippen LogP contribution < -0.4 is 9.04 Å². The molecular weight excluding hydrogens is 342 g/mol. The summed E-state index contributed by atoms with van der Waals surface area (Å²) in [7, 11) is -4.02. The normalized spacial score (nSPS) is 12.4. The van der Waals surface area contributed by atoms with E-state index in [0.29, 0.717) is 12.4 Å². The second kappa shape index (κ2) is 8.02. The molecule has 6 nitrogen and oxygen atoms in total. The summed E-state index contributed by atoms with van der Waals surface area (Å²) < 4.78 is 32.3. The molecule has 2 rings (SSSR count). The number of nitrogens with zero attached hydrogens (tertiary/aromatic N) is 1. The van der Waals surface area contributed by atoms with Gasteiger partial charge in [-0.05, 0) is 49.7 Å². The number of carboxylic acid groups (broad SMARTS) is 1. The SMILES string of the molecule is CCCOc1ccc(N(C(C)C(=O)O)S(=O)(=O)c2ccccc2)cc1. The van der Waals surface area contributed by atoms with Crippen molar-refractivity contribution in [2.75, 3.05) is 10.9 Å². The standard InChI is InChI=1S/C18H21NO5S/c1-3-13-24-16-11-9-15(10-12-16)19(14(2)18(20)21)25(22,23)17-7-5-4-6-8-17/h4-12,14H,3,13H2,1-2H3,(H,20,21). The van der Waals surface area contributed by atoms with Gasteiger partial charge >= 0.3 is 5.97 Å². The van der Waals surface area contributed by atoms with Crippen molar-refractivity contribution >= 4 is 21.7 Å². The molecule has 25 heavy (non-hydrogen) atoms. The summed E-state index contributed by atoms with van der Waals surface area (Å²) >= 11 is 0. The Morgan fingerprint density at radius 1 is 1.12 bits per heavy atom. The molecule has 1 N–H and O–H groups in total. The summed E-state index contributed by atoms with van der Waals surface area (Å²) in [5.41, 5.74) is 0.266. The topological polar surface area (TPSA) is 83.9 Å². The molecule has 0 aliphatic carbocycles. The fourth-order valence-electron chi connectivity index (χ4n) is 2.29. The largest absolute Gasteiger partial charge is 0.494 e. The highest BCUT2D eigenvalue weighted by atomic mass is 32.2. The maximum absolute atomic E-state index is 13.0. The summed E-state index contributed by atoms with van der Waals surface area (Å²) in [5, 5.41) is 9.36. The van der Waals surface area contributed by atoms with E-state index in [0.717, 1.165) is 10.7 Å². The van der Waals surface area contributed by atoms with Crippen molar-refractivity contribution in [1.29, 1.82) is 0 Å². The van der Waals surface area contributed by atoms with Crippen LogP contribution in [0, 0.1) is 0 Å². The average molecular weight is 363 g/mol. The third-order valence-corrected chi connectivity index (χ3v) is 5.49. The maximum atomic E-state index is 13.0. The molecular formula is C18H21NO5S. The van der Waals surface area contributed by atoms with E-state index in [1.54, 1.807) is 42.5 Å². The van der Waals surface area contributed by atoms with Crippen molar-refractivity contribution < 1.29 is 23.1 Å². The van der Waals surface area contributed by atoms with Gasteiger partial charge in [-0.1, -0.05) is 25.1 Å². The van der Waals surface area contributed by atoms with Gasteiger partial charge in [-0.25, -0.2) is 13.2 Å². The number of hydrogen-bond donors (Lipinski definition) is 1. The van der Waals surface area contributed by atoms with Crippen LogP contribution in [-0.2, 0) is 14.8 Å². The molecule has 0 bridgehead atoms. The van der Waals surface area contributed by atoms with Crippen molar-refractivity contribution in [1.82, 2.24) is 0 Å². The van der Waals surface area contributed by atoms with Crippen molar-refractivity contribution in [3.05, 3.63) is 54.6 Å². The van der Waals surface area contributed by atoms with E-state index in [9.17, 15) is 18.3 Å². The minimum atomic E-state index is -4.02. The molecule has 7 heteroatoms. The molecule has 0 saturated heterocycles. The number of carbonyl (C=O) groups is 1. The smallest absolute Gasteiger partial charge is 0.327 e. The van der Waals surface area contributed by atoms with E-state index in [4.69, 9.17) is 4.74 Å². The first kappa shape index (κ1) is 18.8. The Bertz CT molecular complexity index is 803. The van der Waals surface area contributed by atoms with E-state index in [1.165, 1.54) is 19.1 Å². The summed E-state index contributed by atoms with van der Waals surface area (Å²) in [6.45, 7) is 3.87. The van der Waals surface area contributed by atoms with Crippen LogP contribution in [0.1, 0.15) is 20.3 Å². The molecule has 0 heterocycles. The van der Waals surface area contributed by atoms with E-state index in [1.807, 2.05) is 6.92 Å². The van der Waals surface area contributed by atoms with Gasteiger partial charge in [0, 0.05) is 0 Å². The maximum Gasteiger partial charge on any atom is 0.327 e. The molecule has 1 unspecified atom stereocenters. The van der Waals surface area contributed by atoms with Gasteiger partial charge in [-0.2, -0.15) is 0 Å². The molecule has 1 atom stereocenters. The van der Waals surface area contributed by atoms with Crippen molar-refractivity contribution in [2.24, 2.45) is 0 Å². The van der Waals surface area contributed by atoms with Gasteiger partial charge in [0.2, 0.25) is 0 Å². The predicted octanol–water partition coefficient (Wildman–Crippen LogP) is 3.14. The average Bonchev–Trinajstić information content (AvgIpc) is 2.61. The molecule has 0 saturated carbocycles. The second-order valence-electron chi connectivity index (χ2n) is 5.47. The highest BCUT2D eigenvalue weighted by Crippen LogP contribution is 2.28. The summed E-state index contributed by atoms with van der Waals surface area (Å²) in [6.07, 6.45) is 0.853. The number of rotatable bonds is 8. The zero-order valence-corrected chi connectivity index (χ0v) is 14.9. The Morgan fingerprint density at radius 2 is 1.72 bits per heavy atom. The monoisotopic (exact) mass is 363 g/mol. The molecule has 0 aliphatic rings. The Kier molecular flexibility index (Phi) is 6.03. The first-order valence-corrected chi connectivity index (χ1v) is 9.37. The Balaban J connectivity index is 2.45. The summed E-state index contributed by atoms with van der Waals surface area (Å²) in [4.78, 5) is 11.5. The van der Waals surface area contributed by atoms with E-state index >= 15 is 0 Å². The zero-order chi connectivity index (χ0) is 18.4. The Hall–Kier alpha value is -2.54. The van der Waals surface area contributed by atoms with Crippen LogP contribution >= 0.6 is 0 Å². The number of aliphatic carboxylic acids is 1. The number of ether oxygens (including phenoxy) is 1. The molecule has 0 aliphatic heterocycles. The van der Waals surface area contributed by atoms with E-state index in [-0.39, 0.29) is 10.6 Å². The van der Waals surface area contributed by atoms with Crippen LogP contribution in [0.4, 0.5) is 5.69 Å². The van der Waals surface area contributed by atoms with Crippen molar-refractivity contribution in [3.63, 3.8) is 0 Å². The zero-order valence-electron chi connectivity index (χ0n) is 14.1. The van der Waals surface area contributed by atoms with Crippen LogP contribution in [0.3, 0.4) is 0 Å². The number of anilines is 1. The number of benzene rings is 2. The highest BCUT2D eigenvalue weighted by Gasteiger charge is 2.33. The molecule has 0 fully saturated rings. The minimum Gasteiger partial charge on any atom is -0.494 e. The van der Waals surface area contributed by atoms with Gasteiger partial charge in [0.15, 0.2) is 0 Å². The first-order chi connectivity index (χ1) is 11.9. The third-order valence-electron chi connectivity index (χ3n) is 3.57. The van der Waals surface area contributed by atoms with Crippen molar-refractivity contribution in [3.8, 4) is 5.75 Å². The lowest BCUT2D eigenvalue weighted by molar-refractivity contribution is -0.137. The third kappa shape index (κ3) is 4.30. The lowest BCUT2D eigenvalue weighted by Gasteiger charge is -2.28. The van der Waals surface area contributed by atoms with Gasteiger partial charge < -0.3 is 9.84 Å².